The first kappa shape index (κ1) is 17.2. The number of primary amides is 1. The Morgan fingerprint density at radius 1 is 1.43 bits per heavy atom. The molecular weight excluding hydrogens is 314 g/mol. The Hall–Kier alpha value is -2.15. The van der Waals surface area contributed by atoms with Crippen LogP contribution in [0, 0.1) is 0 Å². The summed E-state index contributed by atoms with van der Waals surface area (Å²) in [5.74, 6) is 1.72. The van der Waals surface area contributed by atoms with Crippen molar-refractivity contribution in [2.75, 3.05) is 7.11 Å². The third-order valence-electron chi connectivity index (χ3n) is 3.31. The van der Waals surface area contributed by atoms with Gasteiger partial charge in [-0.05, 0) is 24.1 Å². The molecule has 7 heteroatoms. The van der Waals surface area contributed by atoms with E-state index in [0.717, 1.165) is 21.4 Å². The molecule has 23 heavy (non-hydrogen) atoms. The largest absolute Gasteiger partial charge is 0.497 e. The van der Waals surface area contributed by atoms with Crippen molar-refractivity contribution in [3.05, 3.63) is 35.8 Å². The number of nitrogens with zero attached hydrogens (tertiary/aromatic N) is 2. The Bertz CT molecular complexity index is 698. The minimum atomic E-state index is -0.805. The zero-order valence-corrected chi connectivity index (χ0v) is 14.5. The molecular formula is C16H21N3O3S. The first-order chi connectivity index (χ1) is 10.9. The molecule has 0 saturated carbocycles. The van der Waals surface area contributed by atoms with Gasteiger partial charge in [0.05, 0.1) is 12.8 Å². The molecule has 1 aromatic carbocycles. The second-order valence-electron chi connectivity index (χ2n) is 5.32. The number of carbonyl (C=O) groups excluding carboxylic acids is 1. The average Bonchev–Trinajstić information content (AvgIpc) is 2.82. The lowest BCUT2D eigenvalue weighted by Gasteiger charge is -2.09. The minimum Gasteiger partial charge on any atom is -0.497 e. The van der Waals surface area contributed by atoms with Gasteiger partial charge in [-0.2, -0.15) is 0 Å². The molecule has 0 saturated heterocycles. The molecule has 1 amide bonds. The van der Waals surface area contributed by atoms with E-state index in [-0.39, 0.29) is 12.5 Å². The molecule has 0 unspecified atom stereocenters. The van der Waals surface area contributed by atoms with Crippen LogP contribution in [0.25, 0.3) is 0 Å². The summed E-state index contributed by atoms with van der Waals surface area (Å²) in [7, 11) is 3.55. The second kappa shape index (κ2) is 7.41. The second-order valence-corrected chi connectivity index (χ2v) is 6.38. The number of amides is 1. The van der Waals surface area contributed by atoms with Crippen LogP contribution in [-0.2, 0) is 18.4 Å². The fourth-order valence-electron chi connectivity index (χ4n) is 2.09. The van der Waals surface area contributed by atoms with E-state index >= 15 is 0 Å². The van der Waals surface area contributed by atoms with E-state index < -0.39 is 6.09 Å². The van der Waals surface area contributed by atoms with Gasteiger partial charge in [0, 0.05) is 11.9 Å². The van der Waals surface area contributed by atoms with Gasteiger partial charge in [-0.3, -0.25) is 0 Å². The van der Waals surface area contributed by atoms with Crippen molar-refractivity contribution >= 4 is 17.9 Å². The summed E-state index contributed by atoms with van der Waals surface area (Å²) in [5, 5.41) is 1.01. The van der Waals surface area contributed by atoms with Crippen molar-refractivity contribution in [2.45, 2.75) is 36.3 Å². The fraction of sp³-hybridized carbons (Fsp3) is 0.375. The molecule has 0 aliphatic carbocycles. The summed E-state index contributed by atoms with van der Waals surface area (Å²) in [6.45, 7) is 4.22. The number of nitrogens with two attached hydrogens (primary N) is 1. The van der Waals surface area contributed by atoms with Crippen LogP contribution in [0.3, 0.4) is 0 Å². The predicted molar refractivity (Wildman–Crippen MR) is 88.8 cm³/mol. The van der Waals surface area contributed by atoms with Crippen molar-refractivity contribution in [1.82, 2.24) is 9.55 Å². The summed E-state index contributed by atoms with van der Waals surface area (Å²) < 4.78 is 12.1. The van der Waals surface area contributed by atoms with Gasteiger partial charge in [-0.1, -0.05) is 31.7 Å². The van der Waals surface area contributed by atoms with Crippen LogP contribution in [0.1, 0.15) is 31.3 Å². The molecule has 1 aromatic heterocycles. The number of methoxy groups -OCH3 is 1. The normalized spacial score (nSPS) is 10.8. The number of ether oxygens (including phenoxy) is 2. The monoisotopic (exact) mass is 335 g/mol. The lowest BCUT2D eigenvalue weighted by atomic mass is 10.2. The highest BCUT2D eigenvalue weighted by Crippen LogP contribution is 2.35. The summed E-state index contributed by atoms with van der Waals surface area (Å²) in [4.78, 5) is 16.5. The SMILES string of the molecule is COc1cccc(Sc2c(C(C)C)nc(COC(N)=O)n2C)c1. The molecule has 0 spiro atoms. The van der Waals surface area contributed by atoms with Crippen LogP contribution in [0.5, 0.6) is 5.75 Å². The maximum Gasteiger partial charge on any atom is 0.404 e. The van der Waals surface area contributed by atoms with Crippen LogP contribution in [-0.4, -0.2) is 22.8 Å². The molecule has 1 heterocycles. The summed E-state index contributed by atoms with van der Waals surface area (Å²) in [5.41, 5.74) is 5.99. The van der Waals surface area contributed by atoms with Crippen molar-refractivity contribution in [3.63, 3.8) is 0 Å². The molecule has 2 rings (SSSR count). The van der Waals surface area contributed by atoms with E-state index in [2.05, 4.69) is 18.8 Å². The highest BCUT2D eigenvalue weighted by Gasteiger charge is 2.19. The quantitative estimate of drug-likeness (QED) is 0.876. The Morgan fingerprint density at radius 3 is 2.78 bits per heavy atom. The summed E-state index contributed by atoms with van der Waals surface area (Å²) >= 11 is 1.60. The van der Waals surface area contributed by atoms with Crippen molar-refractivity contribution in [1.29, 1.82) is 0 Å². The molecule has 124 valence electrons. The van der Waals surface area contributed by atoms with E-state index in [0.29, 0.717) is 5.82 Å². The maximum atomic E-state index is 10.8. The molecule has 6 nitrogen and oxygen atoms in total. The third-order valence-corrected chi connectivity index (χ3v) is 4.47. The third kappa shape index (κ3) is 4.19. The van der Waals surface area contributed by atoms with Gasteiger partial charge in [-0.25, -0.2) is 9.78 Å². The van der Waals surface area contributed by atoms with Crippen molar-refractivity contribution in [2.24, 2.45) is 12.8 Å². The van der Waals surface area contributed by atoms with Crippen LogP contribution in [0.2, 0.25) is 0 Å². The lowest BCUT2D eigenvalue weighted by Crippen LogP contribution is -2.14. The molecule has 2 N–H and O–H groups in total. The highest BCUT2D eigenvalue weighted by molar-refractivity contribution is 7.99. The molecule has 0 bridgehead atoms. The van der Waals surface area contributed by atoms with Crippen LogP contribution in [0.4, 0.5) is 4.79 Å². The standard InChI is InChI=1S/C16H21N3O3S/c1-10(2)14-15(19(3)13(18-14)9-22-16(17)20)23-12-7-5-6-11(8-12)21-4/h5-8,10H,9H2,1-4H3,(H2,17,20). The number of rotatable bonds is 6. The number of hydrogen-bond donors (Lipinski definition) is 1. The van der Waals surface area contributed by atoms with Crippen LogP contribution < -0.4 is 10.5 Å². The van der Waals surface area contributed by atoms with Crippen molar-refractivity contribution < 1.29 is 14.3 Å². The Balaban J connectivity index is 2.33. The first-order valence-corrected chi connectivity index (χ1v) is 8.03. The van der Waals surface area contributed by atoms with Gasteiger partial charge in [0.1, 0.15) is 16.6 Å². The minimum absolute atomic E-state index is 0.0597. The highest BCUT2D eigenvalue weighted by atomic mass is 32.2. The van der Waals surface area contributed by atoms with Gasteiger partial charge >= 0.3 is 6.09 Å². The smallest absolute Gasteiger partial charge is 0.404 e. The number of hydrogen-bond acceptors (Lipinski definition) is 5. The van der Waals surface area contributed by atoms with E-state index in [1.54, 1.807) is 18.9 Å². The zero-order valence-electron chi connectivity index (χ0n) is 13.7. The van der Waals surface area contributed by atoms with E-state index in [1.807, 2.05) is 35.9 Å². The van der Waals surface area contributed by atoms with Gasteiger partial charge in [0.2, 0.25) is 0 Å². The molecule has 0 radical (unpaired) electrons. The number of benzene rings is 1. The van der Waals surface area contributed by atoms with E-state index in [9.17, 15) is 4.79 Å². The maximum absolute atomic E-state index is 10.8. The van der Waals surface area contributed by atoms with E-state index in [4.69, 9.17) is 15.2 Å². The number of aromatic nitrogens is 2. The van der Waals surface area contributed by atoms with Gasteiger partial charge in [0.15, 0.2) is 6.61 Å². The Labute approximate surface area is 140 Å². The lowest BCUT2D eigenvalue weighted by molar-refractivity contribution is 0.146. The number of carbonyl (C=O) groups is 1. The number of imidazole rings is 1. The molecule has 0 aliphatic rings. The average molecular weight is 335 g/mol. The molecule has 0 atom stereocenters. The predicted octanol–water partition coefficient (Wildman–Crippen LogP) is 3.30. The zero-order chi connectivity index (χ0) is 17.0. The summed E-state index contributed by atoms with van der Waals surface area (Å²) in [6, 6.07) is 7.84. The van der Waals surface area contributed by atoms with Crippen molar-refractivity contribution in [3.8, 4) is 5.75 Å². The fourth-order valence-corrected chi connectivity index (χ4v) is 3.26. The molecule has 2 aromatic rings. The van der Waals surface area contributed by atoms with Gasteiger partial charge in [0.25, 0.3) is 0 Å². The Morgan fingerprint density at radius 2 is 2.17 bits per heavy atom. The van der Waals surface area contributed by atoms with Gasteiger partial charge < -0.3 is 19.8 Å². The Kier molecular flexibility index (Phi) is 5.54. The first-order valence-electron chi connectivity index (χ1n) is 7.22. The van der Waals surface area contributed by atoms with Gasteiger partial charge in [-0.15, -0.1) is 0 Å². The van der Waals surface area contributed by atoms with E-state index in [1.165, 1.54) is 0 Å². The van der Waals surface area contributed by atoms with Crippen LogP contribution in [0.15, 0.2) is 34.2 Å². The summed E-state index contributed by atoms with van der Waals surface area (Å²) in [6.07, 6.45) is -0.805. The topological polar surface area (TPSA) is 79.4 Å². The van der Waals surface area contributed by atoms with Crippen LogP contribution >= 0.6 is 11.8 Å². The molecule has 0 fully saturated rings. The molecule has 0 aliphatic heterocycles.